The van der Waals surface area contributed by atoms with E-state index in [1.807, 2.05) is 0 Å². The number of esters is 1. The van der Waals surface area contributed by atoms with Crippen LogP contribution in [0.1, 0.15) is 12.5 Å². The van der Waals surface area contributed by atoms with Crippen LogP contribution in [-0.4, -0.2) is 18.3 Å². The Morgan fingerprint density at radius 2 is 2.00 bits per heavy atom. The minimum absolute atomic E-state index is 0.0661. The molecular weight excluding hydrogens is 248 g/mol. The third-order valence-corrected chi connectivity index (χ3v) is 2.99. The highest BCUT2D eigenvalue weighted by atomic mass is 32.2. The number of hydrogen-bond donors (Lipinski definition) is 1. The van der Waals surface area contributed by atoms with Crippen LogP contribution in [0, 0.1) is 11.6 Å². The average Bonchev–Trinajstić information content (AvgIpc) is 2.28. The van der Waals surface area contributed by atoms with Gasteiger partial charge >= 0.3 is 5.97 Å². The number of benzene rings is 1. The lowest BCUT2D eigenvalue weighted by atomic mass is 10.2. The number of halogens is 2. The molecule has 0 radical (unpaired) electrons. The molecule has 0 heterocycles. The Labute approximate surface area is 102 Å². The van der Waals surface area contributed by atoms with Crippen molar-refractivity contribution >= 4 is 17.7 Å². The molecule has 0 aliphatic heterocycles. The monoisotopic (exact) mass is 261 g/mol. The van der Waals surface area contributed by atoms with Crippen molar-refractivity contribution < 1.29 is 18.3 Å². The number of hydrogen-bond acceptors (Lipinski definition) is 4. The van der Waals surface area contributed by atoms with Crippen LogP contribution in [0.25, 0.3) is 0 Å². The Hall–Kier alpha value is -1.14. The molecule has 94 valence electrons. The van der Waals surface area contributed by atoms with Crippen LogP contribution in [0.3, 0.4) is 0 Å². The standard InChI is InChI=1S/C11H13F2NO2S/c1-2-16-10(15)6-17-11-8(12)3-7(5-14)4-9(11)13/h3-4H,2,5-6,14H2,1H3. The average molecular weight is 261 g/mol. The number of rotatable bonds is 5. The maximum Gasteiger partial charge on any atom is 0.316 e. The zero-order valence-electron chi connectivity index (χ0n) is 9.33. The van der Waals surface area contributed by atoms with Gasteiger partial charge in [-0.1, -0.05) is 0 Å². The van der Waals surface area contributed by atoms with Crippen molar-refractivity contribution in [2.45, 2.75) is 18.4 Å². The number of ether oxygens (including phenoxy) is 1. The van der Waals surface area contributed by atoms with E-state index in [1.54, 1.807) is 6.92 Å². The Kier molecular flexibility index (Phi) is 5.37. The van der Waals surface area contributed by atoms with E-state index < -0.39 is 17.6 Å². The second-order valence-electron chi connectivity index (χ2n) is 3.19. The van der Waals surface area contributed by atoms with Crippen LogP contribution in [0.15, 0.2) is 17.0 Å². The highest BCUT2D eigenvalue weighted by molar-refractivity contribution is 8.00. The van der Waals surface area contributed by atoms with Gasteiger partial charge in [-0.3, -0.25) is 4.79 Å². The molecule has 1 rings (SSSR count). The van der Waals surface area contributed by atoms with Crippen LogP contribution in [0.5, 0.6) is 0 Å². The van der Waals surface area contributed by atoms with E-state index in [0.717, 1.165) is 23.9 Å². The molecule has 17 heavy (non-hydrogen) atoms. The summed E-state index contributed by atoms with van der Waals surface area (Å²) in [6.45, 7) is 1.98. The van der Waals surface area contributed by atoms with E-state index in [9.17, 15) is 13.6 Å². The summed E-state index contributed by atoms with van der Waals surface area (Å²) in [4.78, 5) is 10.9. The molecule has 1 aromatic rings. The maximum absolute atomic E-state index is 13.5. The van der Waals surface area contributed by atoms with Gasteiger partial charge in [0.2, 0.25) is 0 Å². The molecule has 0 aliphatic rings. The highest BCUT2D eigenvalue weighted by Crippen LogP contribution is 2.26. The Morgan fingerprint density at radius 1 is 1.41 bits per heavy atom. The molecule has 2 N–H and O–H groups in total. The van der Waals surface area contributed by atoms with Crippen LogP contribution in [0.4, 0.5) is 8.78 Å². The van der Waals surface area contributed by atoms with Crippen LogP contribution < -0.4 is 5.73 Å². The Balaban J connectivity index is 2.74. The van der Waals surface area contributed by atoms with Crippen LogP contribution in [-0.2, 0) is 16.1 Å². The molecule has 0 unspecified atom stereocenters. The molecule has 0 bridgehead atoms. The number of thioether (sulfide) groups is 1. The van der Waals surface area contributed by atoms with Crippen molar-refractivity contribution in [3.05, 3.63) is 29.3 Å². The predicted molar refractivity (Wildman–Crippen MR) is 61.6 cm³/mol. The van der Waals surface area contributed by atoms with Gasteiger partial charge < -0.3 is 10.5 Å². The van der Waals surface area contributed by atoms with E-state index >= 15 is 0 Å². The fourth-order valence-corrected chi connectivity index (χ4v) is 1.94. The third kappa shape index (κ3) is 3.98. The van der Waals surface area contributed by atoms with E-state index in [1.165, 1.54) is 0 Å². The van der Waals surface area contributed by atoms with Crippen LogP contribution in [0.2, 0.25) is 0 Å². The molecule has 0 saturated heterocycles. The lowest BCUT2D eigenvalue weighted by Gasteiger charge is -2.06. The summed E-state index contributed by atoms with van der Waals surface area (Å²) < 4.78 is 31.6. The topological polar surface area (TPSA) is 52.3 Å². The van der Waals surface area contributed by atoms with Gasteiger partial charge in [0, 0.05) is 6.54 Å². The summed E-state index contributed by atoms with van der Waals surface area (Å²) in [5.41, 5.74) is 5.66. The second-order valence-corrected chi connectivity index (χ2v) is 4.17. The van der Waals surface area contributed by atoms with Crippen molar-refractivity contribution in [3.63, 3.8) is 0 Å². The first-order valence-corrected chi connectivity index (χ1v) is 6.03. The molecule has 0 amide bonds. The van der Waals surface area contributed by atoms with Crippen molar-refractivity contribution in [2.24, 2.45) is 5.73 Å². The van der Waals surface area contributed by atoms with Crippen LogP contribution >= 0.6 is 11.8 Å². The van der Waals surface area contributed by atoms with Crippen molar-refractivity contribution in [2.75, 3.05) is 12.4 Å². The molecule has 0 spiro atoms. The van der Waals surface area contributed by atoms with E-state index in [-0.39, 0.29) is 23.8 Å². The minimum Gasteiger partial charge on any atom is -0.465 e. The lowest BCUT2D eigenvalue weighted by Crippen LogP contribution is -2.07. The van der Waals surface area contributed by atoms with Crippen molar-refractivity contribution in [1.82, 2.24) is 0 Å². The maximum atomic E-state index is 13.5. The second kappa shape index (κ2) is 6.56. The predicted octanol–water partition coefficient (Wildman–Crippen LogP) is 2.08. The summed E-state index contributed by atoms with van der Waals surface area (Å²) in [6, 6.07) is 2.33. The van der Waals surface area contributed by atoms with Gasteiger partial charge in [0.1, 0.15) is 11.6 Å². The van der Waals surface area contributed by atoms with Gasteiger partial charge in [-0.2, -0.15) is 0 Å². The molecule has 0 aromatic heterocycles. The largest absolute Gasteiger partial charge is 0.465 e. The Morgan fingerprint density at radius 3 is 2.47 bits per heavy atom. The summed E-state index contributed by atoms with van der Waals surface area (Å²) in [5.74, 6) is -2.04. The first-order chi connectivity index (χ1) is 8.08. The fourth-order valence-electron chi connectivity index (χ4n) is 1.20. The number of nitrogens with two attached hydrogens (primary N) is 1. The van der Waals surface area contributed by atoms with Gasteiger partial charge in [-0.15, -0.1) is 11.8 Å². The summed E-state index contributed by atoms with van der Waals surface area (Å²) in [7, 11) is 0. The number of carbonyl (C=O) groups is 1. The summed E-state index contributed by atoms with van der Waals surface area (Å²) in [5, 5.41) is 0. The van der Waals surface area contributed by atoms with Gasteiger partial charge in [-0.25, -0.2) is 8.78 Å². The lowest BCUT2D eigenvalue weighted by molar-refractivity contribution is -0.139. The van der Waals surface area contributed by atoms with Gasteiger partial charge in [0.25, 0.3) is 0 Å². The van der Waals surface area contributed by atoms with Gasteiger partial charge in [0.05, 0.1) is 17.3 Å². The normalized spacial score (nSPS) is 10.4. The highest BCUT2D eigenvalue weighted by Gasteiger charge is 2.13. The first kappa shape index (κ1) is 13.9. The molecule has 6 heteroatoms. The first-order valence-electron chi connectivity index (χ1n) is 5.04. The van der Waals surface area contributed by atoms with Gasteiger partial charge in [0.15, 0.2) is 0 Å². The quantitative estimate of drug-likeness (QED) is 0.651. The Bertz CT molecular complexity index is 389. The summed E-state index contributed by atoms with van der Waals surface area (Å²) >= 11 is 0.776. The van der Waals surface area contributed by atoms with Crippen molar-refractivity contribution in [3.8, 4) is 0 Å². The molecule has 0 fully saturated rings. The molecular formula is C11H13F2NO2S. The SMILES string of the molecule is CCOC(=O)CSc1c(F)cc(CN)cc1F. The molecule has 0 aliphatic carbocycles. The number of carbonyl (C=O) groups excluding carboxylic acids is 1. The third-order valence-electron chi connectivity index (χ3n) is 1.93. The van der Waals surface area contributed by atoms with E-state index in [2.05, 4.69) is 4.74 Å². The molecule has 1 aromatic carbocycles. The van der Waals surface area contributed by atoms with E-state index in [4.69, 9.17) is 5.73 Å². The molecule has 3 nitrogen and oxygen atoms in total. The zero-order chi connectivity index (χ0) is 12.8. The van der Waals surface area contributed by atoms with Gasteiger partial charge in [-0.05, 0) is 24.6 Å². The molecule has 0 atom stereocenters. The molecule has 0 saturated carbocycles. The van der Waals surface area contributed by atoms with Crippen molar-refractivity contribution in [1.29, 1.82) is 0 Å². The fraction of sp³-hybridized carbons (Fsp3) is 0.364. The summed E-state index contributed by atoms with van der Waals surface area (Å²) in [6.07, 6.45) is 0. The zero-order valence-corrected chi connectivity index (χ0v) is 10.2. The van der Waals surface area contributed by atoms with E-state index in [0.29, 0.717) is 5.56 Å². The minimum atomic E-state index is -0.709. The smallest absolute Gasteiger partial charge is 0.316 e.